The van der Waals surface area contributed by atoms with Gasteiger partial charge in [0.2, 0.25) is 16.8 Å². The van der Waals surface area contributed by atoms with Gasteiger partial charge in [0.15, 0.2) is 0 Å². The molecule has 0 saturated carbocycles. The number of amides is 1. The molecule has 1 saturated heterocycles. The molecule has 1 aliphatic rings. The summed E-state index contributed by atoms with van der Waals surface area (Å²) in [5, 5.41) is 2.69. The molecule has 1 unspecified atom stereocenters. The molecular weight excluding hydrogens is 476 g/mol. The number of benzene rings is 1. The Kier molecular flexibility index (Phi) is 8.01. The summed E-state index contributed by atoms with van der Waals surface area (Å²) in [5.74, 6) is -1.41. The van der Waals surface area contributed by atoms with E-state index in [9.17, 15) is 30.8 Å². The van der Waals surface area contributed by atoms with E-state index in [-0.39, 0.29) is 18.1 Å². The maximum absolute atomic E-state index is 14.1. The molecule has 0 spiro atoms. The number of carbonyl (C=O) groups is 1. The molecule has 0 bridgehead atoms. The van der Waals surface area contributed by atoms with Gasteiger partial charge in [-0.05, 0) is 49.4 Å². The number of pyridine rings is 1. The SMILES string of the molecule is CC1CCN(c2nc(C(F)(F)F)ccc2CNC(=O)C(C)c2ccc(N[SH](=O)=O)c(F)c2)CC1. The van der Waals surface area contributed by atoms with E-state index in [0.717, 1.165) is 25.0 Å². The summed E-state index contributed by atoms with van der Waals surface area (Å²) in [6.45, 7) is 4.73. The molecule has 1 amide bonds. The highest BCUT2D eigenvalue weighted by atomic mass is 32.2. The molecule has 1 aliphatic heterocycles. The van der Waals surface area contributed by atoms with Crippen LogP contribution in [0.25, 0.3) is 0 Å². The van der Waals surface area contributed by atoms with Crippen molar-refractivity contribution in [3.8, 4) is 0 Å². The van der Waals surface area contributed by atoms with Crippen molar-refractivity contribution in [2.45, 2.75) is 45.3 Å². The van der Waals surface area contributed by atoms with Crippen LogP contribution >= 0.6 is 0 Å². The molecule has 1 fully saturated rings. The fourth-order valence-electron chi connectivity index (χ4n) is 3.74. The molecule has 7 nitrogen and oxygen atoms in total. The van der Waals surface area contributed by atoms with Crippen molar-refractivity contribution >= 4 is 28.3 Å². The average Bonchev–Trinajstić information content (AvgIpc) is 2.78. The van der Waals surface area contributed by atoms with Gasteiger partial charge in [-0.1, -0.05) is 19.1 Å². The van der Waals surface area contributed by atoms with Crippen molar-refractivity contribution in [1.29, 1.82) is 0 Å². The first-order chi connectivity index (χ1) is 16.0. The van der Waals surface area contributed by atoms with Gasteiger partial charge in [0.1, 0.15) is 17.3 Å². The first kappa shape index (κ1) is 25.7. The van der Waals surface area contributed by atoms with E-state index in [4.69, 9.17) is 0 Å². The number of carbonyl (C=O) groups excluding carboxylic acids is 1. The molecule has 2 N–H and O–H groups in total. The fraction of sp³-hybridized carbons (Fsp3) is 0.455. The predicted octanol–water partition coefficient (Wildman–Crippen LogP) is 3.83. The molecule has 1 aromatic heterocycles. The molecule has 0 aliphatic carbocycles. The van der Waals surface area contributed by atoms with E-state index < -0.39 is 40.4 Å². The second-order valence-corrected chi connectivity index (χ2v) is 9.13. The van der Waals surface area contributed by atoms with Gasteiger partial charge >= 0.3 is 6.18 Å². The van der Waals surface area contributed by atoms with E-state index in [2.05, 4.69) is 17.2 Å². The van der Waals surface area contributed by atoms with Gasteiger partial charge in [0, 0.05) is 25.2 Å². The van der Waals surface area contributed by atoms with Gasteiger partial charge in [-0.2, -0.15) is 13.2 Å². The smallest absolute Gasteiger partial charge is 0.356 e. The molecule has 3 rings (SSSR count). The summed E-state index contributed by atoms with van der Waals surface area (Å²) < 4.78 is 77.3. The number of aromatic nitrogens is 1. The minimum absolute atomic E-state index is 0.0471. The number of nitrogens with one attached hydrogen (secondary N) is 2. The Hall–Kier alpha value is -2.89. The topological polar surface area (TPSA) is 91.4 Å². The maximum Gasteiger partial charge on any atom is 0.433 e. The predicted molar refractivity (Wildman–Crippen MR) is 120 cm³/mol. The molecule has 2 heterocycles. The molecular formula is C22H26F4N4O3S. The summed E-state index contributed by atoms with van der Waals surface area (Å²) >= 11 is 0. The highest BCUT2D eigenvalue weighted by Crippen LogP contribution is 2.32. The van der Waals surface area contributed by atoms with Crippen molar-refractivity contribution < 1.29 is 30.8 Å². The quantitative estimate of drug-likeness (QED) is 0.396. The van der Waals surface area contributed by atoms with Crippen molar-refractivity contribution in [2.24, 2.45) is 5.92 Å². The van der Waals surface area contributed by atoms with Crippen molar-refractivity contribution in [3.63, 3.8) is 0 Å². The molecule has 1 atom stereocenters. The Bertz CT molecular complexity index is 1110. The normalized spacial score (nSPS) is 15.9. The highest BCUT2D eigenvalue weighted by molar-refractivity contribution is 7.73. The Labute approximate surface area is 196 Å². The number of anilines is 2. The van der Waals surface area contributed by atoms with Crippen molar-refractivity contribution in [1.82, 2.24) is 10.3 Å². The number of hydrogen-bond acceptors (Lipinski definition) is 5. The first-order valence-corrected chi connectivity index (χ1v) is 11.9. The van der Waals surface area contributed by atoms with Crippen LogP contribution in [0.3, 0.4) is 0 Å². The summed E-state index contributed by atoms with van der Waals surface area (Å²) in [6, 6.07) is 5.91. The van der Waals surface area contributed by atoms with Crippen molar-refractivity contribution in [3.05, 3.63) is 53.0 Å². The van der Waals surface area contributed by atoms with Crippen LogP contribution in [0.1, 0.15) is 49.4 Å². The maximum atomic E-state index is 14.1. The van der Waals surface area contributed by atoms with Crippen LogP contribution in [0.4, 0.5) is 29.1 Å². The third-order valence-electron chi connectivity index (χ3n) is 5.88. The lowest BCUT2D eigenvalue weighted by molar-refractivity contribution is -0.141. The summed E-state index contributed by atoms with van der Waals surface area (Å²) in [7, 11) is -3.03. The zero-order chi connectivity index (χ0) is 25.0. The first-order valence-electron chi connectivity index (χ1n) is 10.8. The van der Waals surface area contributed by atoms with Crippen LogP contribution in [-0.2, 0) is 28.4 Å². The number of hydrogen-bond donors (Lipinski definition) is 3. The zero-order valence-electron chi connectivity index (χ0n) is 18.7. The Balaban J connectivity index is 1.76. The molecule has 2 aromatic rings. The minimum atomic E-state index is -4.58. The number of thiol groups is 1. The largest absolute Gasteiger partial charge is 0.433 e. The zero-order valence-corrected chi connectivity index (χ0v) is 19.5. The second kappa shape index (κ2) is 10.6. The van der Waals surface area contributed by atoms with Crippen LogP contribution in [0.15, 0.2) is 30.3 Å². The monoisotopic (exact) mass is 502 g/mol. The number of piperidine rings is 1. The standard InChI is InChI=1S/C22H26F4N4O3S/c1-13-7-9-30(10-8-13)20-16(4-6-19(28-20)22(24,25)26)12-27-21(31)14(2)15-3-5-18(17(23)11-15)29-34(32)33/h3-6,11,13-14,34H,7-10,12H2,1-2H3,(H,27,31)(H,29,32,33). The van der Waals surface area contributed by atoms with Gasteiger partial charge in [-0.15, -0.1) is 0 Å². The molecule has 12 heteroatoms. The van der Waals surface area contributed by atoms with Crippen LogP contribution in [0.5, 0.6) is 0 Å². The van der Waals surface area contributed by atoms with Gasteiger partial charge in [-0.25, -0.2) is 17.8 Å². The Morgan fingerprint density at radius 1 is 1.21 bits per heavy atom. The van der Waals surface area contributed by atoms with E-state index in [1.807, 2.05) is 9.62 Å². The fourth-order valence-corrected chi connectivity index (χ4v) is 4.12. The van der Waals surface area contributed by atoms with Crippen LogP contribution in [-0.4, -0.2) is 32.4 Å². The van der Waals surface area contributed by atoms with Gasteiger partial charge in [-0.3, -0.25) is 9.52 Å². The third-order valence-corrected chi connectivity index (χ3v) is 6.30. The molecule has 34 heavy (non-hydrogen) atoms. The van der Waals surface area contributed by atoms with Crippen LogP contribution < -0.4 is 14.9 Å². The van der Waals surface area contributed by atoms with Crippen LogP contribution in [0.2, 0.25) is 0 Å². The van der Waals surface area contributed by atoms with E-state index in [1.165, 1.54) is 18.2 Å². The number of alkyl halides is 3. The van der Waals surface area contributed by atoms with Gasteiger partial charge < -0.3 is 10.2 Å². The van der Waals surface area contributed by atoms with Gasteiger partial charge in [0.05, 0.1) is 11.6 Å². The summed E-state index contributed by atoms with van der Waals surface area (Å²) in [6.07, 6.45) is -2.92. The Morgan fingerprint density at radius 2 is 1.88 bits per heavy atom. The van der Waals surface area contributed by atoms with Crippen molar-refractivity contribution in [2.75, 3.05) is 22.7 Å². The minimum Gasteiger partial charge on any atom is -0.356 e. The van der Waals surface area contributed by atoms with Crippen LogP contribution in [0, 0.1) is 11.7 Å². The number of halogens is 4. The second-order valence-electron chi connectivity index (χ2n) is 8.39. The van der Waals surface area contributed by atoms with E-state index in [1.54, 1.807) is 6.92 Å². The number of rotatable bonds is 7. The third kappa shape index (κ3) is 6.37. The lowest BCUT2D eigenvalue weighted by Crippen LogP contribution is -2.35. The molecule has 186 valence electrons. The summed E-state index contributed by atoms with van der Waals surface area (Å²) in [4.78, 5) is 18.4. The van der Waals surface area contributed by atoms with Gasteiger partial charge in [0.25, 0.3) is 0 Å². The van der Waals surface area contributed by atoms with E-state index >= 15 is 0 Å². The highest BCUT2D eigenvalue weighted by Gasteiger charge is 2.34. The molecule has 0 radical (unpaired) electrons. The number of nitrogens with zero attached hydrogens (tertiary/aromatic N) is 2. The summed E-state index contributed by atoms with van der Waals surface area (Å²) in [5.41, 5.74) is -0.456. The molecule has 1 aromatic carbocycles. The lowest BCUT2D eigenvalue weighted by atomic mass is 9.98. The Morgan fingerprint density at radius 3 is 2.47 bits per heavy atom. The average molecular weight is 503 g/mol. The van der Waals surface area contributed by atoms with E-state index in [0.29, 0.717) is 30.1 Å². The lowest BCUT2D eigenvalue weighted by Gasteiger charge is -2.33.